The topological polar surface area (TPSA) is 41.6 Å². The smallest absolute Gasteiger partial charge is 0.139 e. The summed E-state index contributed by atoms with van der Waals surface area (Å²) in [5, 5.41) is 0.708. The van der Waals surface area contributed by atoms with Crippen molar-refractivity contribution in [1.29, 1.82) is 0 Å². The Morgan fingerprint density at radius 2 is 1.56 bits per heavy atom. The number of nitrogens with zero attached hydrogens (tertiary/aromatic N) is 2. The predicted octanol–water partition coefficient (Wildman–Crippen LogP) is 6.22. The number of rotatable bonds is 3. The number of nitrogens with one attached hydrogen (secondary N) is 1. The molecule has 0 atom stereocenters. The van der Waals surface area contributed by atoms with Gasteiger partial charge in [-0.25, -0.2) is 4.98 Å². The van der Waals surface area contributed by atoms with E-state index >= 15 is 0 Å². The fraction of sp³-hybridized carbons (Fsp3) is 0. The first-order valence-corrected chi connectivity index (χ1v) is 8.91. The van der Waals surface area contributed by atoms with Gasteiger partial charge in [0.15, 0.2) is 0 Å². The van der Waals surface area contributed by atoms with Crippen LogP contribution in [0.4, 0.5) is 0 Å². The molecule has 0 bridgehead atoms. The minimum Gasteiger partial charge on any atom is -0.337 e. The third kappa shape index (κ3) is 3.23. The van der Waals surface area contributed by atoms with Crippen LogP contribution in [0.15, 0.2) is 77.5 Å². The molecule has 0 unspecified atom stereocenters. The third-order valence-corrected chi connectivity index (χ3v) is 4.86. The minimum atomic E-state index is 0.708. The van der Waals surface area contributed by atoms with Crippen LogP contribution in [-0.2, 0) is 0 Å². The molecule has 122 valence electrons. The maximum atomic E-state index is 6.04. The molecule has 25 heavy (non-hydrogen) atoms. The van der Waals surface area contributed by atoms with E-state index in [0.717, 1.165) is 38.4 Å². The molecule has 0 aliphatic carbocycles. The summed E-state index contributed by atoms with van der Waals surface area (Å²) in [5.41, 5.74) is 4.89. The van der Waals surface area contributed by atoms with Gasteiger partial charge in [0.2, 0.25) is 0 Å². The molecule has 2 aromatic heterocycles. The monoisotopic (exact) mass is 409 g/mol. The van der Waals surface area contributed by atoms with E-state index in [-0.39, 0.29) is 0 Å². The highest BCUT2D eigenvalue weighted by Crippen LogP contribution is 2.35. The van der Waals surface area contributed by atoms with Crippen LogP contribution in [0.5, 0.6) is 0 Å². The molecule has 0 aliphatic rings. The molecule has 0 fully saturated rings. The van der Waals surface area contributed by atoms with Crippen molar-refractivity contribution in [3.8, 4) is 33.9 Å². The summed E-state index contributed by atoms with van der Waals surface area (Å²) in [6.45, 7) is 0. The molecular formula is C20H13BrClN3. The van der Waals surface area contributed by atoms with Crippen molar-refractivity contribution in [2.75, 3.05) is 0 Å². The summed E-state index contributed by atoms with van der Waals surface area (Å²) in [6.07, 6.45) is 3.54. The van der Waals surface area contributed by atoms with E-state index in [1.54, 1.807) is 12.4 Å². The molecular weight excluding hydrogens is 398 g/mol. The molecule has 0 spiro atoms. The summed E-state index contributed by atoms with van der Waals surface area (Å²) in [7, 11) is 0. The molecule has 4 rings (SSSR count). The highest BCUT2D eigenvalue weighted by atomic mass is 79.9. The SMILES string of the molecule is Clc1ccc(-c2[nH]c(-c3ccccc3Br)nc2-c2ccncc2)cc1. The predicted molar refractivity (Wildman–Crippen MR) is 105 cm³/mol. The first kappa shape index (κ1) is 16.1. The average molecular weight is 411 g/mol. The zero-order chi connectivity index (χ0) is 17.2. The Labute approximate surface area is 158 Å². The summed E-state index contributed by atoms with van der Waals surface area (Å²) >= 11 is 9.64. The van der Waals surface area contributed by atoms with Gasteiger partial charge in [0.25, 0.3) is 0 Å². The van der Waals surface area contributed by atoms with Crippen LogP contribution < -0.4 is 0 Å². The molecule has 5 heteroatoms. The number of hydrogen-bond donors (Lipinski definition) is 1. The summed E-state index contributed by atoms with van der Waals surface area (Å²) in [4.78, 5) is 12.4. The largest absolute Gasteiger partial charge is 0.337 e. The number of aromatic amines is 1. The summed E-state index contributed by atoms with van der Waals surface area (Å²) < 4.78 is 0.993. The number of benzene rings is 2. The van der Waals surface area contributed by atoms with E-state index in [1.165, 1.54) is 0 Å². The van der Waals surface area contributed by atoms with Crippen molar-refractivity contribution in [1.82, 2.24) is 15.0 Å². The van der Waals surface area contributed by atoms with Gasteiger partial charge in [0.1, 0.15) is 5.82 Å². The molecule has 4 aromatic rings. The van der Waals surface area contributed by atoms with Crippen LogP contribution in [0.25, 0.3) is 33.9 Å². The Balaban J connectivity index is 1.92. The van der Waals surface area contributed by atoms with Crippen LogP contribution in [-0.4, -0.2) is 15.0 Å². The van der Waals surface area contributed by atoms with Crippen LogP contribution in [0, 0.1) is 0 Å². The average Bonchev–Trinajstić information content (AvgIpc) is 3.08. The zero-order valence-electron chi connectivity index (χ0n) is 13.1. The first-order valence-electron chi connectivity index (χ1n) is 7.73. The molecule has 0 radical (unpaired) electrons. The molecule has 2 aromatic carbocycles. The van der Waals surface area contributed by atoms with Gasteiger partial charge in [0, 0.05) is 38.6 Å². The standard InChI is InChI=1S/C20H13BrClN3/c21-17-4-2-1-3-16(17)20-24-18(13-5-7-15(22)8-6-13)19(25-20)14-9-11-23-12-10-14/h1-12H,(H,24,25). The Bertz CT molecular complexity index is 1010. The van der Waals surface area contributed by atoms with E-state index in [4.69, 9.17) is 16.6 Å². The molecule has 0 saturated carbocycles. The number of H-pyrrole nitrogens is 1. The van der Waals surface area contributed by atoms with E-state index in [9.17, 15) is 0 Å². The van der Waals surface area contributed by atoms with Gasteiger partial charge in [0.05, 0.1) is 11.4 Å². The van der Waals surface area contributed by atoms with E-state index < -0.39 is 0 Å². The van der Waals surface area contributed by atoms with Crippen LogP contribution >= 0.6 is 27.5 Å². The lowest BCUT2D eigenvalue weighted by atomic mass is 10.1. The van der Waals surface area contributed by atoms with Crippen LogP contribution in [0.3, 0.4) is 0 Å². The van der Waals surface area contributed by atoms with Crippen molar-refractivity contribution in [3.05, 3.63) is 82.6 Å². The molecule has 0 saturated heterocycles. The number of pyridine rings is 1. The Morgan fingerprint density at radius 1 is 0.840 bits per heavy atom. The van der Waals surface area contributed by atoms with Gasteiger partial charge in [-0.3, -0.25) is 4.98 Å². The maximum absolute atomic E-state index is 6.04. The lowest BCUT2D eigenvalue weighted by Crippen LogP contribution is -1.84. The van der Waals surface area contributed by atoms with Crippen LogP contribution in [0.1, 0.15) is 0 Å². The molecule has 0 aliphatic heterocycles. The highest BCUT2D eigenvalue weighted by Gasteiger charge is 2.16. The van der Waals surface area contributed by atoms with Gasteiger partial charge >= 0.3 is 0 Å². The lowest BCUT2D eigenvalue weighted by molar-refractivity contribution is 1.29. The Kier molecular flexibility index (Phi) is 4.38. The molecule has 3 nitrogen and oxygen atoms in total. The van der Waals surface area contributed by atoms with E-state index in [2.05, 4.69) is 25.9 Å². The van der Waals surface area contributed by atoms with Crippen molar-refractivity contribution in [2.24, 2.45) is 0 Å². The van der Waals surface area contributed by atoms with Crippen molar-refractivity contribution in [3.63, 3.8) is 0 Å². The summed E-state index contributed by atoms with van der Waals surface area (Å²) in [6, 6.07) is 19.7. The second kappa shape index (κ2) is 6.82. The van der Waals surface area contributed by atoms with Gasteiger partial charge in [-0.2, -0.15) is 0 Å². The van der Waals surface area contributed by atoms with Gasteiger partial charge in [-0.15, -0.1) is 0 Å². The Morgan fingerprint density at radius 3 is 2.28 bits per heavy atom. The normalized spacial score (nSPS) is 10.8. The number of hydrogen-bond acceptors (Lipinski definition) is 2. The van der Waals surface area contributed by atoms with Gasteiger partial charge < -0.3 is 4.98 Å². The fourth-order valence-electron chi connectivity index (χ4n) is 2.70. The van der Waals surface area contributed by atoms with Crippen molar-refractivity contribution < 1.29 is 0 Å². The van der Waals surface area contributed by atoms with Crippen LogP contribution in [0.2, 0.25) is 5.02 Å². The lowest BCUT2D eigenvalue weighted by Gasteiger charge is -2.03. The number of aromatic nitrogens is 3. The zero-order valence-corrected chi connectivity index (χ0v) is 15.4. The first-order chi connectivity index (χ1) is 12.2. The molecule has 1 N–H and O–H groups in total. The second-order valence-corrected chi connectivity index (χ2v) is 6.82. The van der Waals surface area contributed by atoms with Crippen molar-refractivity contribution in [2.45, 2.75) is 0 Å². The van der Waals surface area contributed by atoms with Gasteiger partial charge in [-0.1, -0.05) is 57.9 Å². The quantitative estimate of drug-likeness (QED) is 0.435. The summed E-state index contributed by atoms with van der Waals surface area (Å²) in [5.74, 6) is 0.809. The van der Waals surface area contributed by atoms with E-state index in [0.29, 0.717) is 5.02 Å². The number of halogens is 2. The Hall–Kier alpha value is -2.43. The highest BCUT2D eigenvalue weighted by molar-refractivity contribution is 9.10. The third-order valence-electron chi connectivity index (χ3n) is 3.92. The fourth-order valence-corrected chi connectivity index (χ4v) is 3.30. The molecule has 2 heterocycles. The van der Waals surface area contributed by atoms with E-state index in [1.807, 2.05) is 60.7 Å². The number of imidazole rings is 1. The maximum Gasteiger partial charge on any atom is 0.139 e. The van der Waals surface area contributed by atoms with Gasteiger partial charge in [-0.05, 0) is 30.3 Å². The molecule has 0 amide bonds. The van der Waals surface area contributed by atoms with Crippen molar-refractivity contribution >= 4 is 27.5 Å². The second-order valence-electron chi connectivity index (χ2n) is 5.53. The minimum absolute atomic E-state index is 0.708.